The van der Waals surface area contributed by atoms with Crippen molar-refractivity contribution in [3.63, 3.8) is 0 Å². The quantitative estimate of drug-likeness (QED) is 0.333. The van der Waals surface area contributed by atoms with E-state index < -0.39 is 17.2 Å². The summed E-state index contributed by atoms with van der Waals surface area (Å²) < 4.78 is 10.4. The van der Waals surface area contributed by atoms with E-state index in [1.165, 1.54) is 12.1 Å². The third-order valence-electron chi connectivity index (χ3n) is 4.92. The molecular formula is C24H22N2O8-2. The van der Waals surface area contributed by atoms with Gasteiger partial charge >= 0.3 is 11.9 Å². The molecule has 3 rings (SSSR count). The zero-order valence-electron chi connectivity index (χ0n) is 18.0. The molecule has 2 N–H and O–H groups in total. The average Bonchev–Trinajstić information content (AvgIpc) is 2.85. The molecule has 3 aromatic carbocycles. The first-order chi connectivity index (χ1) is 16.4. The van der Waals surface area contributed by atoms with Crippen LogP contribution in [0.5, 0.6) is 0 Å². The summed E-state index contributed by atoms with van der Waals surface area (Å²) in [4.78, 5) is 24.2. The summed E-state index contributed by atoms with van der Waals surface area (Å²) in [7, 11) is 0. The maximum absolute atomic E-state index is 12.1. The molecule has 0 aliphatic rings. The molecule has 0 saturated carbocycles. The Morgan fingerprint density at radius 3 is 1.53 bits per heavy atom. The molecule has 0 radical (unpaired) electrons. The third kappa shape index (κ3) is 6.53. The number of nitrogens with zero attached hydrogens (tertiary/aromatic N) is 2. The van der Waals surface area contributed by atoms with Gasteiger partial charge in [0.2, 0.25) is 0 Å². The van der Waals surface area contributed by atoms with Gasteiger partial charge < -0.3 is 25.1 Å². The van der Waals surface area contributed by atoms with Crippen LogP contribution in [0.25, 0.3) is 0 Å². The fraction of sp³-hybridized carbons (Fsp3) is 0.167. The Morgan fingerprint density at radius 2 is 1.12 bits per heavy atom. The molecule has 34 heavy (non-hydrogen) atoms. The number of carbonyl (C=O) groups is 2. The van der Waals surface area contributed by atoms with Gasteiger partial charge in [0.05, 0.1) is 30.0 Å². The molecule has 10 nitrogen and oxygen atoms in total. The molecule has 0 fully saturated rings. The Balaban J connectivity index is 1.69. The fourth-order valence-electron chi connectivity index (χ4n) is 3.24. The van der Waals surface area contributed by atoms with Crippen molar-refractivity contribution in [1.29, 1.82) is 0 Å². The van der Waals surface area contributed by atoms with E-state index in [0.29, 0.717) is 11.1 Å². The standard InChI is InChI=1S/C24H22N2O8/c27-23(17-7-3-1-4-8-17)33-13-11-19-15-22(26(31)32)20(16-21(19)25(29)30)12-14-34-24(28)18-9-5-2-6-10-18/h1-10,15-16,29-30H,11-14H2/q-2. The Bertz CT molecular complexity index is 1020. The minimum atomic E-state index is -0.614. The summed E-state index contributed by atoms with van der Waals surface area (Å²) in [6, 6.07) is 19.0. The Kier molecular flexibility index (Phi) is 8.54. The molecule has 10 heteroatoms. The van der Waals surface area contributed by atoms with Crippen LogP contribution in [0, 0.1) is 10.4 Å². The fourth-order valence-corrected chi connectivity index (χ4v) is 3.24. The molecular weight excluding hydrogens is 444 g/mol. The van der Waals surface area contributed by atoms with Gasteiger partial charge in [-0.2, -0.15) is 0 Å². The zero-order valence-corrected chi connectivity index (χ0v) is 18.0. The molecule has 0 saturated heterocycles. The van der Waals surface area contributed by atoms with E-state index in [-0.39, 0.29) is 53.8 Å². The van der Waals surface area contributed by atoms with Gasteiger partial charge in [-0.25, -0.2) is 9.59 Å². The molecule has 0 bridgehead atoms. The Labute approximate surface area is 195 Å². The summed E-state index contributed by atoms with van der Waals surface area (Å²) in [5, 5.41) is 41.7. The summed E-state index contributed by atoms with van der Waals surface area (Å²) in [6.07, 6.45) is -0.0331. The van der Waals surface area contributed by atoms with Gasteiger partial charge in [0.15, 0.2) is 0 Å². The number of ether oxygens (including phenoxy) is 2. The lowest BCUT2D eigenvalue weighted by molar-refractivity contribution is 0.0283. The van der Waals surface area contributed by atoms with E-state index in [4.69, 9.17) is 9.47 Å². The highest BCUT2D eigenvalue weighted by atomic mass is 16.8. The van der Waals surface area contributed by atoms with E-state index in [1.54, 1.807) is 60.7 Å². The van der Waals surface area contributed by atoms with E-state index in [2.05, 4.69) is 0 Å². The normalized spacial score (nSPS) is 10.5. The van der Waals surface area contributed by atoms with Crippen molar-refractivity contribution >= 4 is 23.3 Å². The van der Waals surface area contributed by atoms with Crippen LogP contribution in [0.3, 0.4) is 0 Å². The molecule has 0 aliphatic heterocycles. The van der Waals surface area contributed by atoms with Crippen LogP contribution in [0.2, 0.25) is 0 Å². The second-order valence-corrected chi connectivity index (χ2v) is 7.16. The monoisotopic (exact) mass is 466 g/mol. The predicted molar refractivity (Wildman–Crippen MR) is 123 cm³/mol. The lowest BCUT2D eigenvalue weighted by Crippen LogP contribution is -2.18. The van der Waals surface area contributed by atoms with Crippen molar-refractivity contribution in [2.45, 2.75) is 12.8 Å². The molecule has 0 amide bonds. The average molecular weight is 466 g/mol. The second-order valence-electron chi connectivity index (χ2n) is 7.16. The number of rotatable bonds is 10. The van der Waals surface area contributed by atoms with Crippen molar-refractivity contribution in [2.24, 2.45) is 0 Å². The van der Waals surface area contributed by atoms with Crippen LogP contribution >= 0.6 is 0 Å². The van der Waals surface area contributed by atoms with Crippen LogP contribution in [0.1, 0.15) is 31.8 Å². The lowest BCUT2D eigenvalue weighted by Gasteiger charge is -2.40. The Hall–Kier alpha value is -3.96. The molecule has 0 unspecified atom stereocenters. The van der Waals surface area contributed by atoms with E-state index >= 15 is 0 Å². The molecule has 3 aromatic rings. The summed E-state index contributed by atoms with van der Waals surface area (Å²) in [5.41, 5.74) is 0.605. The van der Waals surface area contributed by atoms with Crippen LogP contribution in [0.15, 0.2) is 72.8 Å². The number of benzene rings is 3. The van der Waals surface area contributed by atoms with Gasteiger partial charge in [-0.05, 0) is 47.5 Å². The van der Waals surface area contributed by atoms with Crippen molar-refractivity contribution in [3.8, 4) is 0 Å². The van der Waals surface area contributed by atoms with Gasteiger partial charge in [-0.1, -0.05) is 36.4 Å². The number of esters is 2. The van der Waals surface area contributed by atoms with Crippen LogP contribution in [-0.4, -0.2) is 35.6 Å². The largest absolute Gasteiger partial charge is 0.769 e. The summed E-state index contributed by atoms with van der Waals surface area (Å²) >= 11 is 0. The first kappa shape index (κ1) is 24.7. The van der Waals surface area contributed by atoms with Gasteiger partial charge in [-0.15, -0.1) is 5.23 Å². The predicted octanol–water partition coefficient (Wildman–Crippen LogP) is 3.87. The van der Waals surface area contributed by atoms with Gasteiger partial charge in [0, 0.05) is 18.5 Å². The highest BCUT2D eigenvalue weighted by molar-refractivity contribution is 5.89. The number of anilines is 2. The SMILES string of the molecule is O=C(OCCc1cc(N(O)O)c(CCOC(=O)c2ccccc2)cc1N([O-])[O-])c1ccccc1. The van der Waals surface area contributed by atoms with Gasteiger partial charge in [-0.3, -0.25) is 10.4 Å². The van der Waals surface area contributed by atoms with Gasteiger partial charge in [0.25, 0.3) is 0 Å². The summed E-state index contributed by atoms with van der Waals surface area (Å²) in [6.45, 7) is -0.293. The molecule has 0 atom stereocenters. The maximum Gasteiger partial charge on any atom is 0.338 e. The van der Waals surface area contributed by atoms with E-state index in [0.717, 1.165) is 0 Å². The maximum atomic E-state index is 12.1. The molecule has 0 spiro atoms. The van der Waals surface area contributed by atoms with Crippen molar-refractivity contribution in [2.75, 3.05) is 23.7 Å². The van der Waals surface area contributed by atoms with E-state index in [1.807, 2.05) is 0 Å². The minimum Gasteiger partial charge on any atom is -0.769 e. The molecule has 0 aromatic heterocycles. The van der Waals surface area contributed by atoms with Crippen molar-refractivity contribution in [3.05, 3.63) is 105 Å². The second kappa shape index (κ2) is 11.8. The first-order valence-electron chi connectivity index (χ1n) is 10.3. The molecule has 0 aliphatic carbocycles. The smallest absolute Gasteiger partial charge is 0.338 e. The minimum absolute atomic E-state index is 0.00433. The topological polar surface area (TPSA) is 146 Å². The van der Waals surface area contributed by atoms with Gasteiger partial charge in [0.1, 0.15) is 0 Å². The number of carbonyl (C=O) groups excluding carboxylic acids is 2. The van der Waals surface area contributed by atoms with Crippen LogP contribution in [-0.2, 0) is 22.3 Å². The van der Waals surface area contributed by atoms with Crippen molar-refractivity contribution in [1.82, 2.24) is 0 Å². The number of hydrogen-bond donors (Lipinski definition) is 2. The lowest BCUT2D eigenvalue weighted by atomic mass is 10.0. The number of hydrogen-bond acceptors (Lipinski definition) is 10. The van der Waals surface area contributed by atoms with E-state index in [9.17, 15) is 30.4 Å². The highest BCUT2D eigenvalue weighted by Gasteiger charge is 2.15. The summed E-state index contributed by atoms with van der Waals surface area (Å²) in [5.74, 6) is -1.15. The molecule has 178 valence electrons. The first-order valence-corrected chi connectivity index (χ1v) is 10.3. The zero-order chi connectivity index (χ0) is 24.5. The third-order valence-corrected chi connectivity index (χ3v) is 4.92. The Morgan fingerprint density at radius 1 is 0.706 bits per heavy atom. The highest BCUT2D eigenvalue weighted by Crippen LogP contribution is 2.30. The van der Waals surface area contributed by atoms with Crippen LogP contribution < -0.4 is 10.5 Å². The van der Waals surface area contributed by atoms with Crippen LogP contribution in [0.4, 0.5) is 11.4 Å². The van der Waals surface area contributed by atoms with Crippen molar-refractivity contribution < 1.29 is 29.5 Å². The molecule has 0 heterocycles.